The van der Waals surface area contributed by atoms with Gasteiger partial charge in [-0.05, 0) is 77.9 Å². The molecule has 0 aliphatic rings. The molecule has 196 valence electrons. The molecule has 5 aromatic rings. The van der Waals surface area contributed by atoms with Crippen molar-refractivity contribution in [3.8, 4) is 22.3 Å². The van der Waals surface area contributed by atoms with E-state index in [-0.39, 0.29) is 5.82 Å². The standard InChI is InChI=1S/C37H31FN2/c1-25-13-11-12-18-35(25)36-20-19-31(21-26(36)2)33-22-32(23-34(38)24-33)28(4)40-37(30-16-9-6-10-17-30)39-27(3)29-14-7-5-8-15-29/h5-24H,4H2,1-3H3. The zero-order valence-corrected chi connectivity index (χ0v) is 23.0. The second-order valence-electron chi connectivity index (χ2n) is 9.88. The van der Waals surface area contributed by atoms with Gasteiger partial charge in [-0.25, -0.2) is 14.4 Å². The van der Waals surface area contributed by atoms with Gasteiger partial charge in [-0.1, -0.05) is 110 Å². The van der Waals surface area contributed by atoms with Gasteiger partial charge in [-0.15, -0.1) is 0 Å². The molecular weight excluding hydrogens is 491 g/mol. The topological polar surface area (TPSA) is 24.7 Å². The number of amidine groups is 1. The van der Waals surface area contributed by atoms with Crippen LogP contribution in [0.2, 0.25) is 0 Å². The van der Waals surface area contributed by atoms with E-state index in [1.165, 1.54) is 22.8 Å². The molecule has 0 saturated heterocycles. The first-order chi connectivity index (χ1) is 19.4. The first-order valence-corrected chi connectivity index (χ1v) is 13.3. The molecule has 0 fully saturated rings. The highest BCUT2D eigenvalue weighted by molar-refractivity contribution is 6.12. The van der Waals surface area contributed by atoms with E-state index in [1.807, 2.05) is 85.8 Å². The molecule has 0 aliphatic heterocycles. The fourth-order valence-corrected chi connectivity index (χ4v) is 4.78. The lowest BCUT2D eigenvalue weighted by atomic mass is 9.93. The van der Waals surface area contributed by atoms with Gasteiger partial charge in [0, 0.05) is 16.8 Å². The van der Waals surface area contributed by atoms with E-state index in [9.17, 15) is 4.39 Å². The minimum atomic E-state index is -0.338. The van der Waals surface area contributed by atoms with E-state index >= 15 is 0 Å². The molecule has 0 unspecified atom stereocenters. The maximum absolute atomic E-state index is 14.9. The Labute approximate surface area is 235 Å². The van der Waals surface area contributed by atoms with Crippen molar-refractivity contribution in [2.24, 2.45) is 9.98 Å². The van der Waals surface area contributed by atoms with Gasteiger partial charge in [-0.3, -0.25) is 0 Å². The summed E-state index contributed by atoms with van der Waals surface area (Å²) in [5.41, 5.74) is 10.2. The second-order valence-corrected chi connectivity index (χ2v) is 9.88. The summed E-state index contributed by atoms with van der Waals surface area (Å²) in [5.74, 6) is 0.186. The zero-order valence-electron chi connectivity index (χ0n) is 23.0. The highest BCUT2D eigenvalue weighted by atomic mass is 19.1. The lowest BCUT2D eigenvalue weighted by Crippen LogP contribution is -2.04. The van der Waals surface area contributed by atoms with Crippen LogP contribution >= 0.6 is 0 Å². The number of halogens is 1. The summed E-state index contributed by atoms with van der Waals surface area (Å²) in [6.07, 6.45) is 0. The third-order valence-corrected chi connectivity index (χ3v) is 6.96. The number of aryl methyl sites for hydroxylation is 2. The van der Waals surface area contributed by atoms with E-state index in [1.54, 1.807) is 6.07 Å². The number of hydrogen-bond donors (Lipinski definition) is 0. The Kier molecular flexibility index (Phi) is 7.93. The number of rotatable bonds is 6. The lowest BCUT2D eigenvalue weighted by Gasteiger charge is -2.13. The van der Waals surface area contributed by atoms with Crippen LogP contribution in [0.25, 0.3) is 28.0 Å². The van der Waals surface area contributed by atoms with Gasteiger partial charge in [0.05, 0.1) is 5.70 Å². The molecule has 3 heteroatoms. The van der Waals surface area contributed by atoms with Crippen molar-refractivity contribution in [1.82, 2.24) is 0 Å². The van der Waals surface area contributed by atoms with Gasteiger partial charge in [0.25, 0.3) is 0 Å². The third-order valence-electron chi connectivity index (χ3n) is 6.96. The van der Waals surface area contributed by atoms with Crippen molar-refractivity contribution < 1.29 is 4.39 Å². The van der Waals surface area contributed by atoms with Crippen molar-refractivity contribution in [3.05, 3.63) is 162 Å². The molecule has 0 amide bonds. The Bertz CT molecular complexity index is 1730. The largest absolute Gasteiger partial charge is 0.233 e. The molecule has 2 nitrogen and oxygen atoms in total. The van der Waals surface area contributed by atoms with Crippen molar-refractivity contribution in [3.63, 3.8) is 0 Å². The van der Waals surface area contributed by atoms with Crippen LogP contribution in [0.15, 0.2) is 138 Å². The molecule has 0 saturated carbocycles. The van der Waals surface area contributed by atoms with Crippen LogP contribution in [0.3, 0.4) is 0 Å². The average Bonchev–Trinajstić information content (AvgIpc) is 2.97. The zero-order chi connectivity index (χ0) is 28.1. The minimum Gasteiger partial charge on any atom is -0.233 e. The smallest absolute Gasteiger partial charge is 0.160 e. The Balaban J connectivity index is 1.52. The number of benzene rings is 5. The fourth-order valence-electron chi connectivity index (χ4n) is 4.78. The number of hydrogen-bond acceptors (Lipinski definition) is 1. The first kappa shape index (κ1) is 26.7. The van der Waals surface area contributed by atoms with E-state index in [0.717, 1.165) is 33.5 Å². The molecule has 40 heavy (non-hydrogen) atoms. The Morgan fingerprint density at radius 1 is 0.575 bits per heavy atom. The summed E-state index contributed by atoms with van der Waals surface area (Å²) in [6, 6.07) is 39.3. The third kappa shape index (κ3) is 6.05. The van der Waals surface area contributed by atoms with Gasteiger partial charge >= 0.3 is 0 Å². The molecule has 0 bridgehead atoms. The van der Waals surface area contributed by atoms with Crippen LogP contribution < -0.4 is 0 Å². The summed E-state index contributed by atoms with van der Waals surface area (Å²) < 4.78 is 14.9. The Morgan fingerprint density at radius 2 is 1.20 bits per heavy atom. The molecule has 0 N–H and O–H groups in total. The highest BCUT2D eigenvalue weighted by Gasteiger charge is 2.11. The van der Waals surface area contributed by atoms with Gasteiger partial charge in [-0.2, -0.15) is 0 Å². The van der Waals surface area contributed by atoms with Crippen molar-refractivity contribution >= 4 is 17.2 Å². The van der Waals surface area contributed by atoms with Crippen LogP contribution in [-0.2, 0) is 0 Å². The van der Waals surface area contributed by atoms with Gasteiger partial charge in [0.15, 0.2) is 5.84 Å². The molecule has 5 rings (SSSR count). The van der Waals surface area contributed by atoms with E-state index < -0.39 is 0 Å². The van der Waals surface area contributed by atoms with Crippen LogP contribution in [0.4, 0.5) is 4.39 Å². The van der Waals surface area contributed by atoms with Crippen LogP contribution in [0, 0.1) is 19.7 Å². The fraction of sp³-hybridized carbons (Fsp3) is 0.0811. The average molecular weight is 523 g/mol. The minimum absolute atomic E-state index is 0.338. The maximum Gasteiger partial charge on any atom is 0.160 e. The van der Waals surface area contributed by atoms with E-state index in [0.29, 0.717) is 17.1 Å². The highest BCUT2D eigenvalue weighted by Crippen LogP contribution is 2.32. The van der Waals surface area contributed by atoms with Gasteiger partial charge in [0.1, 0.15) is 5.82 Å². The summed E-state index contributed by atoms with van der Waals surface area (Å²) in [6.45, 7) is 10.4. The monoisotopic (exact) mass is 522 g/mol. The Hall–Kier alpha value is -4.89. The van der Waals surface area contributed by atoms with Crippen molar-refractivity contribution in [1.29, 1.82) is 0 Å². The van der Waals surface area contributed by atoms with Crippen molar-refractivity contribution in [2.45, 2.75) is 20.8 Å². The number of nitrogens with zero attached hydrogens (tertiary/aromatic N) is 2. The molecule has 0 aliphatic carbocycles. The molecule has 0 heterocycles. The lowest BCUT2D eigenvalue weighted by molar-refractivity contribution is 0.628. The van der Waals surface area contributed by atoms with Crippen LogP contribution in [-0.4, -0.2) is 11.5 Å². The van der Waals surface area contributed by atoms with Gasteiger partial charge in [0.2, 0.25) is 0 Å². The summed E-state index contributed by atoms with van der Waals surface area (Å²) in [4.78, 5) is 9.66. The number of aliphatic imine (C=N–C) groups is 2. The summed E-state index contributed by atoms with van der Waals surface area (Å²) in [5, 5.41) is 0. The Morgan fingerprint density at radius 3 is 1.88 bits per heavy atom. The molecule has 0 aromatic heterocycles. The van der Waals surface area contributed by atoms with Gasteiger partial charge < -0.3 is 0 Å². The predicted molar refractivity (Wildman–Crippen MR) is 167 cm³/mol. The first-order valence-electron chi connectivity index (χ1n) is 13.3. The quantitative estimate of drug-likeness (QED) is 0.157. The molecular formula is C37H31FN2. The maximum atomic E-state index is 14.9. The molecule has 0 radical (unpaired) electrons. The van der Waals surface area contributed by atoms with Crippen molar-refractivity contribution in [2.75, 3.05) is 0 Å². The van der Waals surface area contributed by atoms with E-state index in [4.69, 9.17) is 9.98 Å². The summed E-state index contributed by atoms with van der Waals surface area (Å²) in [7, 11) is 0. The SMILES string of the molecule is C=C(N=C(N=C(C)c1ccccc1)c1ccccc1)c1cc(F)cc(-c2ccc(-c3ccccc3C)c(C)c2)c1. The van der Waals surface area contributed by atoms with Crippen LogP contribution in [0.5, 0.6) is 0 Å². The summed E-state index contributed by atoms with van der Waals surface area (Å²) >= 11 is 0. The molecule has 0 spiro atoms. The predicted octanol–water partition coefficient (Wildman–Crippen LogP) is 9.70. The molecule has 5 aromatic carbocycles. The second kappa shape index (κ2) is 11.9. The normalized spacial score (nSPS) is 11.9. The van der Waals surface area contributed by atoms with Crippen LogP contribution in [0.1, 0.15) is 34.7 Å². The van der Waals surface area contributed by atoms with E-state index in [2.05, 4.69) is 50.8 Å². The molecule has 0 atom stereocenters.